The van der Waals surface area contributed by atoms with Crippen LogP contribution in [0.5, 0.6) is 5.75 Å². The van der Waals surface area contributed by atoms with Gasteiger partial charge in [-0.2, -0.15) is 4.98 Å². The quantitative estimate of drug-likeness (QED) is 0.0632. The standard InChI is InChI=1S/C55H67ClN11O7PS/c1-33(2)50(47-26-34(3)63-74-47)54(71)67-31-40(68)28-45(67)53(70)60-44(36-12-14-37(15-13-36)51-35(4)58-32-76-51)29-49(69)66-24-22-65(23-25-66)38-18-20-64(21-19-38)39-16-17-42(46(27-39)73-5)61-55-57-30-41(56)52(62-55)59-43-10-8-9-11-48(43)75(6,7)72/h8-17,26-27,30,32-33,38,40,44-45,50,68H,18-25,28-29,31H2,1-7H3,(H,60,70)(H2,57,59,61,62)/t40-,44+,45?,50-/m1/s1. The number of aryl methyl sites for hydroxylation is 2. The van der Waals surface area contributed by atoms with Crippen LogP contribution in [0, 0.1) is 19.8 Å². The average molecular weight is 1090 g/mol. The first-order valence-electron chi connectivity index (χ1n) is 25.8. The van der Waals surface area contributed by atoms with E-state index < -0.39 is 37.2 Å². The number of aromatic nitrogens is 4. The second-order valence-electron chi connectivity index (χ2n) is 20.7. The predicted octanol–water partition coefficient (Wildman–Crippen LogP) is 8.36. The predicted molar refractivity (Wildman–Crippen MR) is 298 cm³/mol. The Morgan fingerprint density at radius 3 is 2.33 bits per heavy atom. The number of para-hydroxylation sites is 1. The molecule has 3 aliphatic heterocycles. The van der Waals surface area contributed by atoms with E-state index in [1.807, 2.05) is 91.8 Å². The van der Waals surface area contributed by atoms with Crippen LogP contribution in [0.2, 0.25) is 5.02 Å². The molecule has 0 spiro atoms. The fourth-order valence-electron chi connectivity index (χ4n) is 10.6. The zero-order valence-electron chi connectivity index (χ0n) is 44.0. The van der Waals surface area contributed by atoms with E-state index in [9.17, 15) is 24.1 Å². The molecule has 3 saturated heterocycles. The molecule has 18 nitrogen and oxygen atoms in total. The van der Waals surface area contributed by atoms with Crippen molar-refractivity contribution in [2.75, 3.05) is 81.8 Å². The smallest absolute Gasteiger partial charge is 0.243 e. The van der Waals surface area contributed by atoms with Gasteiger partial charge in [0.05, 0.1) is 65.0 Å². The fraction of sp³-hybridized carbons (Fsp3) is 0.436. The second-order valence-corrected chi connectivity index (χ2v) is 25.1. The van der Waals surface area contributed by atoms with Gasteiger partial charge in [-0.15, -0.1) is 11.3 Å². The van der Waals surface area contributed by atoms with Gasteiger partial charge < -0.3 is 49.6 Å². The molecule has 9 rings (SSSR count). The van der Waals surface area contributed by atoms with E-state index in [1.165, 1.54) is 11.1 Å². The molecule has 4 atom stereocenters. The lowest BCUT2D eigenvalue weighted by molar-refractivity contribution is -0.141. The Bertz CT molecular complexity index is 3080. The number of hydrogen-bond acceptors (Lipinski definition) is 16. The molecule has 3 aliphatic rings. The summed E-state index contributed by atoms with van der Waals surface area (Å²) < 4.78 is 24.4. The van der Waals surface area contributed by atoms with Crippen LogP contribution < -0.4 is 30.9 Å². The van der Waals surface area contributed by atoms with Crippen LogP contribution in [-0.4, -0.2) is 142 Å². The number of nitrogens with one attached hydrogen (secondary N) is 3. The van der Waals surface area contributed by atoms with Crippen molar-refractivity contribution in [2.45, 2.75) is 83.5 Å². The van der Waals surface area contributed by atoms with Gasteiger partial charge in [0, 0.05) is 81.4 Å². The molecule has 4 N–H and O–H groups in total. The first-order chi connectivity index (χ1) is 36.4. The average Bonchev–Trinajstić information content (AvgIpc) is 4.16. The molecule has 6 heterocycles. The van der Waals surface area contributed by atoms with Crippen LogP contribution in [-0.2, 0) is 18.9 Å². The third kappa shape index (κ3) is 12.4. The summed E-state index contributed by atoms with van der Waals surface area (Å²) >= 11 is 8.07. The SMILES string of the molecule is COc1cc(N2CCC(N3CCN(C(=O)C[C@H](NC(=O)C4C[C@@H](O)CN4C(=O)[C@@H](c4cc(C)no4)C(C)C)c4ccc(-c5scnc5C)cc4)CC3)CC2)ccc1Nc1ncc(Cl)c(Nc2ccccc2P(C)(C)=O)n1. The Kier molecular flexibility index (Phi) is 16.8. The number of aliphatic hydroxyl groups excluding tert-OH is 1. The minimum atomic E-state index is -2.58. The van der Waals surface area contributed by atoms with E-state index in [2.05, 4.69) is 51.9 Å². The summed E-state index contributed by atoms with van der Waals surface area (Å²) in [6, 6.07) is 21.8. The third-order valence-corrected chi connectivity index (χ3v) is 17.5. The molecule has 6 aromatic rings. The number of nitrogens with zero attached hydrogens (tertiary/aromatic N) is 8. The van der Waals surface area contributed by atoms with Gasteiger partial charge in [0.15, 0.2) is 5.82 Å². The Morgan fingerprint density at radius 1 is 0.934 bits per heavy atom. The van der Waals surface area contributed by atoms with Gasteiger partial charge in [0.1, 0.15) is 35.6 Å². The molecule has 0 saturated carbocycles. The van der Waals surface area contributed by atoms with Crippen molar-refractivity contribution < 1.29 is 33.3 Å². The summed E-state index contributed by atoms with van der Waals surface area (Å²) in [5, 5.41) is 25.6. The van der Waals surface area contributed by atoms with Gasteiger partial charge >= 0.3 is 0 Å². The number of piperidine rings is 1. The molecule has 1 unspecified atom stereocenters. The highest BCUT2D eigenvalue weighted by molar-refractivity contribution is 7.70. The molecule has 3 fully saturated rings. The van der Waals surface area contributed by atoms with Crippen molar-refractivity contribution in [1.82, 2.24) is 40.1 Å². The lowest BCUT2D eigenvalue weighted by Gasteiger charge is -2.43. The summed E-state index contributed by atoms with van der Waals surface area (Å²) in [4.78, 5) is 65.6. The van der Waals surface area contributed by atoms with Gasteiger partial charge in [-0.05, 0) is 81.3 Å². The van der Waals surface area contributed by atoms with E-state index in [0.29, 0.717) is 69.8 Å². The molecule has 0 radical (unpaired) electrons. The largest absolute Gasteiger partial charge is 0.494 e. The van der Waals surface area contributed by atoms with Crippen LogP contribution in [0.1, 0.15) is 74.2 Å². The van der Waals surface area contributed by atoms with Crippen LogP contribution in [0.25, 0.3) is 10.4 Å². The lowest BCUT2D eigenvalue weighted by atomic mass is 9.91. The van der Waals surface area contributed by atoms with Crippen LogP contribution in [0.3, 0.4) is 0 Å². The summed E-state index contributed by atoms with van der Waals surface area (Å²) in [6.07, 6.45) is 2.64. The highest BCUT2D eigenvalue weighted by atomic mass is 35.5. The number of hydrogen-bond donors (Lipinski definition) is 4. The number of ether oxygens (including phenoxy) is 1. The maximum absolute atomic E-state index is 14.4. The van der Waals surface area contributed by atoms with E-state index in [4.69, 9.17) is 20.9 Å². The number of likely N-dealkylation sites (tertiary alicyclic amines) is 1. The Balaban J connectivity index is 0.814. The number of β-amino-alcohol motifs (C(OH)–C–C–N with tert-alkyl or cyclic N) is 1. The van der Waals surface area contributed by atoms with Crippen LogP contribution in [0.15, 0.2) is 89.0 Å². The zero-order valence-corrected chi connectivity index (χ0v) is 46.5. The fourth-order valence-corrected chi connectivity index (χ4v) is 12.7. The number of halogens is 1. The van der Waals surface area contributed by atoms with Crippen molar-refractivity contribution in [3.63, 3.8) is 0 Å². The monoisotopic (exact) mass is 1090 g/mol. The van der Waals surface area contributed by atoms with E-state index >= 15 is 0 Å². The van der Waals surface area contributed by atoms with Gasteiger partial charge in [0.2, 0.25) is 23.7 Å². The first kappa shape index (κ1) is 54.4. The molecule has 3 aromatic carbocycles. The van der Waals surface area contributed by atoms with Crippen molar-refractivity contribution in [2.24, 2.45) is 5.92 Å². The number of carbonyl (C=O) groups is 3. The summed E-state index contributed by atoms with van der Waals surface area (Å²) in [6.45, 7) is 15.3. The third-order valence-electron chi connectivity index (χ3n) is 14.7. The number of methoxy groups -OCH3 is 1. The first-order valence-corrected chi connectivity index (χ1v) is 29.7. The number of rotatable bonds is 17. The molecule has 76 heavy (non-hydrogen) atoms. The number of aliphatic hydroxyl groups is 1. The maximum Gasteiger partial charge on any atom is 0.243 e. The van der Waals surface area contributed by atoms with Crippen molar-refractivity contribution in [3.05, 3.63) is 112 Å². The highest BCUT2D eigenvalue weighted by Crippen LogP contribution is 2.40. The minimum absolute atomic E-state index is 0.00760. The molecule has 0 bridgehead atoms. The minimum Gasteiger partial charge on any atom is -0.494 e. The van der Waals surface area contributed by atoms with E-state index in [1.54, 1.807) is 44.8 Å². The van der Waals surface area contributed by atoms with Gasteiger partial charge in [-0.25, -0.2) is 9.97 Å². The lowest BCUT2D eigenvalue weighted by Crippen LogP contribution is -2.54. The molecule has 0 aliphatic carbocycles. The molecule has 21 heteroatoms. The van der Waals surface area contributed by atoms with Crippen molar-refractivity contribution in [1.29, 1.82) is 0 Å². The Labute approximate surface area is 452 Å². The van der Waals surface area contributed by atoms with Crippen molar-refractivity contribution in [3.8, 4) is 16.2 Å². The molecular formula is C55H67ClN11O7PS. The van der Waals surface area contributed by atoms with Gasteiger partial charge in [-0.1, -0.05) is 67.0 Å². The number of anilines is 5. The zero-order chi connectivity index (χ0) is 53.8. The summed E-state index contributed by atoms with van der Waals surface area (Å²) in [5.74, 6) is 0.0829. The number of benzene rings is 3. The van der Waals surface area contributed by atoms with Gasteiger partial charge in [-0.3, -0.25) is 19.3 Å². The number of thiazole rings is 1. The number of amides is 3. The molecule has 3 aromatic heterocycles. The van der Waals surface area contributed by atoms with E-state index in [0.717, 1.165) is 66.4 Å². The number of piperazine rings is 1. The highest BCUT2D eigenvalue weighted by Gasteiger charge is 2.44. The van der Waals surface area contributed by atoms with Gasteiger partial charge in [0.25, 0.3) is 0 Å². The normalized spacial score (nSPS) is 18.4. The maximum atomic E-state index is 14.4. The topological polar surface area (TPSA) is 211 Å². The number of carbonyl (C=O) groups excluding carboxylic acids is 3. The van der Waals surface area contributed by atoms with Crippen molar-refractivity contribution >= 4 is 81.9 Å². The van der Waals surface area contributed by atoms with E-state index in [-0.39, 0.29) is 37.1 Å². The summed E-state index contributed by atoms with van der Waals surface area (Å²) in [7, 11) is -0.953. The summed E-state index contributed by atoms with van der Waals surface area (Å²) in [5.41, 5.74) is 7.53. The molecular weight excluding hydrogens is 1030 g/mol. The van der Waals surface area contributed by atoms with Crippen LogP contribution in [0.4, 0.5) is 28.8 Å². The Hall–Kier alpha value is -6.37. The second kappa shape index (κ2) is 23.5. The molecule has 3 amide bonds. The van der Waals surface area contributed by atoms with Crippen LogP contribution >= 0.6 is 30.1 Å². The Morgan fingerprint density at radius 2 is 1.67 bits per heavy atom. The molecule has 402 valence electrons.